The quantitative estimate of drug-likeness (QED) is 0.838. The second kappa shape index (κ2) is 7.95. The summed E-state index contributed by atoms with van der Waals surface area (Å²) in [5, 5.41) is 26.1. The fraction of sp³-hybridized carbons (Fsp3) is 0.421. The van der Waals surface area contributed by atoms with E-state index in [0.717, 1.165) is 18.5 Å². The van der Waals surface area contributed by atoms with Crippen LogP contribution in [0.25, 0.3) is 0 Å². The van der Waals surface area contributed by atoms with E-state index >= 15 is 0 Å². The third kappa shape index (κ3) is 4.68. The molecule has 0 aliphatic heterocycles. The molecule has 1 heterocycles. The van der Waals surface area contributed by atoms with Crippen LogP contribution >= 0.6 is 0 Å². The molecule has 1 aromatic heterocycles. The van der Waals surface area contributed by atoms with Crippen LogP contribution in [0, 0.1) is 17.2 Å². The Morgan fingerprint density at radius 3 is 2.84 bits per heavy atom. The molecule has 0 radical (unpaired) electrons. The Hall–Kier alpha value is -2.65. The van der Waals surface area contributed by atoms with Gasteiger partial charge in [0.25, 0.3) is 0 Å². The Morgan fingerprint density at radius 1 is 1.36 bits per heavy atom. The number of aliphatic hydroxyl groups is 1. The van der Waals surface area contributed by atoms with Crippen molar-refractivity contribution in [3.05, 3.63) is 53.9 Å². The molecule has 6 heteroatoms. The maximum Gasteiger partial charge on any atom is 0.220 e. The number of hydrogen-bond donors (Lipinski definition) is 2. The van der Waals surface area contributed by atoms with Gasteiger partial charge < -0.3 is 10.4 Å². The van der Waals surface area contributed by atoms with Crippen molar-refractivity contribution in [3.63, 3.8) is 0 Å². The first-order valence-corrected chi connectivity index (χ1v) is 8.58. The minimum Gasteiger partial charge on any atom is -0.391 e. The van der Waals surface area contributed by atoms with Gasteiger partial charge in [0.1, 0.15) is 0 Å². The van der Waals surface area contributed by atoms with Crippen molar-refractivity contribution in [1.29, 1.82) is 5.26 Å². The van der Waals surface area contributed by atoms with Gasteiger partial charge in [-0.3, -0.25) is 9.48 Å². The van der Waals surface area contributed by atoms with Gasteiger partial charge in [-0.2, -0.15) is 10.4 Å². The van der Waals surface area contributed by atoms with Crippen molar-refractivity contribution in [3.8, 4) is 6.07 Å². The summed E-state index contributed by atoms with van der Waals surface area (Å²) in [6.07, 6.45) is 5.60. The molecule has 0 saturated heterocycles. The van der Waals surface area contributed by atoms with Gasteiger partial charge >= 0.3 is 0 Å². The Bertz CT molecular complexity index is 734. The summed E-state index contributed by atoms with van der Waals surface area (Å²) < 4.78 is 1.87. The van der Waals surface area contributed by atoms with E-state index in [1.165, 1.54) is 0 Å². The molecule has 1 aliphatic carbocycles. The average Bonchev–Trinajstić information content (AvgIpc) is 3.24. The minimum atomic E-state index is -0.501. The van der Waals surface area contributed by atoms with E-state index in [1.54, 1.807) is 18.3 Å². The number of hydrogen-bond acceptors (Lipinski definition) is 4. The van der Waals surface area contributed by atoms with Crippen molar-refractivity contribution >= 4 is 5.91 Å². The molecule has 0 spiro atoms. The number of nitriles is 1. The normalized spacial score (nSPS) is 22.5. The largest absolute Gasteiger partial charge is 0.391 e. The SMILES string of the molecule is N#Cc1ccc(CCC(=O)N[C@@H]2CC(Cn3cccn3)C[C@H]2O)cc1. The monoisotopic (exact) mass is 338 g/mol. The summed E-state index contributed by atoms with van der Waals surface area (Å²) in [5.41, 5.74) is 1.64. The number of aromatic nitrogens is 2. The lowest BCUT2D eigenvalue weighted by molar-refractivity contribution is -0.122. The smallest absolute Gasteiger partial charge is 0.220 e. The van der Waals surface area contributed by atoms with Gasteiger partial charge in [0.15, 0.2) is 0 Å². The molecule has 3 rings (SSSR count). The van der Waals surface area contributed by atoms with Crippen LogP contribution in [0.3, 0.4) is 0 Å². The van der Waals surface area contributed by atoms with Crippen LogP contribution in [0.15, 0.2) is 42.7 Å². The highest BCUT2D eigenvalue weighted by Crippen LogP contribution is 2.27. The molecule has 3 atom stereocenters. The zero-order valence-corrected chi connectivity index (χ0v) is 14.0. The van der Waals surface area contributed by atoms with Gasteiger partial charge in [-0.15, -0.1) is 0 Å². The first-order chi connectivity index (χ1) is 12.1. The minimum absolute atomic E-state index is 0.0480. The number of nitrogens with one attached hydrogen (secondary N) is 1. The van der Waals surface area contributed by atoms with Gasteiger partial charge in [0.2, 0.25) is 5.91 Å². The first kappa shape index (κ1) is 17.2. The van der Waals surface area contributed by atoms with E-state index in [-0.39, 0.29) is 11.9 Å². The second-order valence-electron chi connectivity index (χ2n) is 6.62. The standard InChI is InChI=1S/C19H22N4O2/c20-12-15-4-2-14(3-5-15)6-7-19(25)22-17-10-16(11-18(17)24)13-23-9-1-8-21-23/h1-5,8-9,16-18,24H,6-7,10-11,13H2,(H,22,25)/t16?,17-,18-/m1/s1. The Balaban J connectivity index is 1.45. The predicted octanol–water partition coefficient (Wildman–Crippen LogP) is 1.64. The molecule has 1 amide bonds. The number of rotatable bonds is 6. The molecule has 1 unspecified atom stereocenters. The fourth-order valence-corrected chi connectivity index (χ4v) is 3.38. The Morgan fingerprint density at radius 2 is 2.16 bits per heavy atom. The number of nitrogens with zero attached hydrogens (tertiary/aromatic N) is 3. The van der Waals surface area contributed by atoms with Gasteiger partial charge in [-0.05, 0) is 48.9 Å². The van der Waals surface area contributed by atoms with Crippen LogP contribution in [0.2, 0.25) is 0 Å². The number of amides is 1. The van der Waals surface area contributed by atoms with Gasteiger partial charge in [0, 0.05) is 25.4 Å². The lowest BCUT2D eigenvalue weighted by Gasteiger charge is -2.16. The van der Waals surface area contributed by atoms with Crippen molar-refractivity contribution in [2.45, 2.75) is 44.4 Å². The number of aliphatic hydroxyl groups excluding tert-OH is 1. The molecule has 1 fully saturated rings. The summed E-state index contributed by atoms with van der Waals surface area (Å²) in [4.78, 5) is 12.2. The van der Waals surface area contributed by atoms with E-state index in [2.05, 4.69) is 16.5 Å². The first-order valence-electron chi connectivity index (χ1n) is 8.58. The molecule has 25 heavy (non-hydrogen) atoms. The van der Waals surface area contributed by atoms with Gasteiger partial charge in [-0.25, -0.2) is 0 Å². The Kier molecular flexibility index (Phi) is 5.46. The zero-order valence-electron chi connectivity index (χ0n) is 14.0. The highest BCUT2D eigenvalue weighted by molar-refractivity contribution is 5.76. The highest BCUT2D eigenvalue weighted by Gasteiger charge is 2.34. The molecule has 0 bridgehead atoms. The molecule has 2 aromatic rings. The van der Waals surface area contributed by atoms with E-state index in [4.69, 9.17) is 5.26 Å². The van der Waals surface area contributed by atoms with E-state index in [9.17, 15) is 9.90 Å². The van der Waals surface area contributed by atoms with Crippen LogP contribution in [0.1, 0.15) is 30.4 Å². The summed E-state index contributed by atoms with van der Waals surface area (Å²) in [6, 6.07) is 11.0. The average molecular weight is 338 g/mol. The van der Waals surface area contributed by atoms with Crippen LogP contribution < -0.4 is 5.32 Å². The molecule has 2 N–H and O–H groups in total. The molecule has 1 saturated carbocycles. The lowest BCUT2D eigenvalue weighted by Crippen LogP contribution is -2.40. The molecule has 130 valence electrons. The lowest BCUT2D eigenvalue weighted by atomic mass is 10.1. The highest BCUT2D eigenvalue weighted by atomic mass is 16.3. The third-order valence-corrected chi connectivity index (χ3v) is 4.70. The second-order valence-corrected chi connectivity index (χ2v) is 6.62. The molecular formula is C19H22N4O2. The third-order valence-electron chi connectivity index (χ3n) is 4.70. The number of benzene rings is 1. The van der Waals surface area contributed by atoms with E-state index in [0.29, 0.717) is 30.7 Å². The summed E-state index contributed by atoms with van der Waals surface area (Å²) in [5.74, 6) is 0.270. The maximum absolute atomic E-state index is 12.2. The van der Waals surface area contributed by atoms with Crippen LogP contribution in [-0.4, -0.2) is 32.9 Å². The van der Waals surface area contributed by atoms with Crippen molar-refractivity contribution < 1.29 is 9.90 Å². The van der Waals surface area contributed by atoms with Crippen LogP contribution in [0.4, 0.5) is 0 Å². The fourth-order valence-electron chi connectivity index (χ4n) is 3.38. The van der Waals surface area contributed by atoms with Crippen molar-refractivity contribution in [2.24, 2.45) is 5.92 Å². The molecule has 6 nitrogen and oxygen atoms in total. The summed E-state index contributed by atoms with van der Waals surface area (Å²) in [7, 11) is 0. The zero-order chi connectivity index (χ0) is 17.6. The van der Waals surface area contributed by atoms with Gasteiger partial charge in [0.05, 0.1) is 23.8 Å². The van der Waals surface area contributed by atoms with Crippen molar-refractivity contribution in [1.82, 2.24) is 15.1 Å². The van der Waals surface area contributed by atoms with Crippen LogP contribution in [-0.2, 0) is 17.8 Å². The maximum atomic E-state index is 12.2. The molecular weight excluding hydrogens is 316 g/mol. The van der Waals surface area contributed by atoms with E-state index < -0.39 is 6.10 Å². The van der Waals surface area contributed by atoms with Crippen LogP contribution in [0.5, 0.6) is 0 Å². The molecule has 1 aliphatic rings. The van der Waals surface area contributed by atoms with Crippen molar-refractivity contribution in [2.75, 3.05) is 0 Å². The molecule has 1 aromatic carbocycles. The topological polar surface area (TPSA) is 90.9 Å². The Labute approximate surface area is 147 Å². The predicted molar refractivity (Wildman–Crippen MR) is 92.4 cm³/mol. The van der Waals surface area contributed by atoms with Gasteiger partial charge in [-0.1, -0.05) is 12.1 Å². The number of carbonyl (C=O) groups excluding carboxylic acids is 1. The summed E-state index contributed by atoms with van der Waals surface area (Å²) in [6.45, 7) is 0.766. The number of aryl methyl sites for hydroxylation is 1. The number of carbonyl (C=O) groups is 1. The van der Waals surface area contributed by atoms with E-state index in [1.807, 2.05) is 29.1 Å². The summed E-state index contributed by atoms with van der Waals surface area (Å²) >= 11 is 0.